The Morgan fingerprint density at radius 3 is 2.57 bits per heavy atom. The van der Waals surface area contributed by atoms with Gasteiger partial charge in [-0.1, -0.05) is 24.8 Å². The zero-order valence-corrected chi connectivity index (χ0v) is 16.6. The maximum Gasteiger partial charge on any atom is 0.0890 e. The summed E-state index contributed by atoms with van der Waals surface area (Å²) in [5.41, 5.74) is 5.44. The molecule has 1 aliphatic carbocycles. The second-order valence-corrected chi connectivity index (χ2v) is 7.48. The third-order valence-electron chi connectivity index (χ3n) is 5.58. The first-order valence-electron chi connectivity index (χ1n) is 10.2. The van der Waals surface area contributed by atoms with Crippen LogP contribution in [0.3, 0.4) is 0 Å². The lowest BCUT2D eigenvalue weighted by atomic mass is 10.1. The molecule has 146 valence electrons. The van der Waals surface area contributed by atoms with Crippen LogP contribution in [0.1, 0.15) is 25.3 Å². The number of benzene rings is 1. The van der Waals surface area contributed by atoms with Crippen LogP contribution >= 0.6 is 0 Å². The summed E-state index contributed by atoms with van der Waals surface area (Å²) in [6, 6.07) is 7.10. The lowest BCUT2D eigenvalue weighted by Gasteiger charge is -2.38. The van der Waals surface area contributed by atoms with Gasteiger partial charge in [0.2, 0.25) is 0 Å². The molecule has 2 fully saturated rings. The highest BCUT2D eigenvalue weighted by atomic mass is 15.3. The number of hydrogen-bond acceptors (Lipinski definition) is 5. The third-order valence-corrected chi connectivity index (χ3v) is 5.58. The molecule has 5 heteroatoms. The van der Waals surface area contributed by atoms with E-state index in [1.807, 2.05) is 12.1 Å². The molecule has 1 aromatic carbocycles. The van der Waals surface area contributed by atoms with Crippen LogP contribution in [0.25, 0.3) is 11.0 Å². The van der Waals surface area contributed by atoms with E-state index < -0.39 is 0 Å². The topological polar surface area (TPSA) is 44.3 Å². The van der Waals surface area contributed by atoms with E-state index in [2.05, 4.69) is 62.9 Å². The molecule has 1 aromatic heterocycles. The van der Waals surface area contributed by atoms with Crippen molar-refractivity contribution in [3.8, 4) is 0 Å². The largest absolute Gasteiger partial charge is 0.380 e. The second kappa shape index (κ2) is 8.57. The highest BCUT2D eigenvalue weighted by Crippen LogP contribution is 2.28. The van der Waals surface area contributed by atoms with E-state index in [9.17, 15) is 0 Å². The van der Waals surface area contributed by atoms with Gasteiger partial charge in [0, 0.05) is 51.2 Å². The number of piperazine rings is 1. The Kier molecular flexibility index (Phi) is 5.72. The third kappa shape index (κ3) is 4.25. The molecule has 0 radical (unpaired) electrons. The molecule has 1 saturated carbocycles. The van der Waals surface area contributed by atoms with Gasteiger partial charge in [-0.05, 0) is 43.5 Å². The Morgan fingerprint density at radius 2 is 1.89 bits per heavy atom. The zero-order chi connectivity index (χ0) is 19.3. The van der Waals surface area contributed by atoms with E-state index in [4.69, 9.17) is 0 Å². The van der Waals surface area contributed by atoms with Crippen molar-refractivity contribution >= 4 is 11.0 Å². The number of rotatable bonds is 7. The Balaban J connectivity index is 1.43. The molecule has 1 N–H and O–H groups in total. The molecule has 2 aromatic rings. The van der Waals surface area contributed by atoms with Gasteiger partial charge in [0.25, 0.3) is 0 Å². The molecule has 1 aliphatic heterocycles. The van der Waals surface area contributed by atoms with Gasteiger partial charge in [0.1, 0.15) is 0 Å². The summed E-state index contributed by atoms with van der Waals surface area (Å²) in [5.74, 6) is 0. The Morgan fingerprint density at radius 1 is 1.14 bits per heavy atom. The van der Waals surface area contributed by atoms with E-state index in [0.717, 1.165) is 55.5 Å². The highest BCUT2D eigenvalue weighted by molar-refractivity contribution is 5.74. The predicted octanol–water partition coefficient (Wildman–Crippen LogP) is 3.47. The minimum atomic E-state index is 0.753. The van der Waals surface area contributed by atoms with Crippen LogP contribution in [-0.2, 0) is 6.54 Å². The van der Waals surface area contributed by atoms with Crippen molar-refractivity contribution in [3.05, 3.63) is 72.4 Å². The minimum Gasteiger partial charge on any atom is -0.380 e. The number of fused-ring (bicyclic) bond motifs is 1. The standard InChI is InChI=1S/C23H29N5/c1-3-5-23(28-14-12-27(13-15-28)19-7-8-19)20(4-2)26-17-18-6-9-21-22(16-18)25-11-10-24-21/h3-6,9-11,16,19,26H,1,7-8,12-15,17H2,2H3/b20-4+,23-5+. The monoisotopic (exact) mass is 375 g/mol. The van der Waals surface area contributed by atoms with Gasteiger partial charge in [-0.25, -0.2) is 0 Å². The van der Waals surface area contributed by atoms with Crippen molar-refractivity contribution in [2.24, 2.45) is 0 Å². The van der Waals surface area contributed by atoms with Crippen LogP contribution in [0, 0.1) is 0 Å². The minimum absolute atomic E-state index is 0.753. The maximum absolute atomic E-state index is 4.41. The van der Waals surface area contributed by atoms with Crippen LogP contribution < -0.4 is 5.32 Å². The smallest absolute Gasteiger partial charge is 0.0890 e. The SMILES string of the molecule is C=C/C=C(\C(=C/C)NCc1ccc2nccnc2c1)N1CCN(C2CC2)CC1. The van der Waals surface area contributed by atoms with Crippen molar-refractivity contribution in [1.29, 1.82) is 0 Å². The molecule has 5 nitrogen and oxygen atoms in total. The zero-order valence-electron chi connectivity index (χ0n) is 16.6. The Labute approximate surface area is 167 Å². The summed E-state index contributed by atoms with van der Waals surface area (Å²) in [4.78, 5) is 13.9. The molecule has 2 heterocycles. The predicted molar refractivity (Wildman–Crippen MR) is 115 cm³/mol. The van der Waals surface area contributed by atoms with E-state index >= 15 is 0 Å². The quantitative estimate of drug-likeness (QED) is 0.751. The van der Waals surface area contributed by atoms with Crippen molar-refractivity contribution < 1.29 is 0 Å². The molecule has 1 saturated heterocycles. The first-order valence-corrected chi connectivity index (χ1v) is 10.2. The van der Waals surface area contributed by atoms with Gasteiger partial charge >= 0.3 is 0 Å². The molecule has 0 atom stereocenters. The average molecular weight is 376 g/mol. The van der Waals surface area contributed by atoms with Crippen LogP contribution in [0.2, 0.25) is 0 Å². The van der Waals surface area contributed by atoms with Crippen molar-refractivity contribution in [3.63, 3.8) is 0 Å². The lowest BCUT2D eigenvalue weighted by molar-refractivity contribution is 0.153. The summed E-state index contributed by atoms with van der Waals surface area (Å²) in [6.07, 6.45) is 12.4. The first-order chi connectivity index (χ1) is 13.8. The molecule has 0 unspecified atom stereocenters. The van der Waals surface area contributed by atoms with Crippen LogP contribution in [0.15, 0.2) is 66.8 Å². The van der Waals surface area contributed by atoms with E-state index in [1.54, 1.807) is 12.4 Å². The number of allylic oxidation sites excluding steroid dienone is 3. The Hall–Kier alpha value is -2.66. The fraction of sp³-hybridized carbons (Fsp3) is 0.391. The summed E-state index contributed by atoms with van der Waals surface area (Å²) >= 11 is 0. The molecule has 28 heavy (non-hydrogen) atoms. The summed E-state index contributed by atoms with van der Waals surface area (Å²) in [6.45, 7) is 11.2. The van der Waals surface area contributed by atoms with Crippen LogP contribution in [0.5, 0.6) is 0 Å². The number of nitrogens with zero attached hydrogens (tertiary/aromatic N) is 4. The molecule has 2 aliphatic rings. The Bertz CT molecular complexity index is 889. The summed E-state index contributed by atoms with van der Waals surface area (Å²) in [5, 5.41) is 3.62. The van der Waals surface area contributed by atoms with Crippen LogP contribution in [-0.4, -0.2) is 52.0 Å². The molecular weight excluding hydrogens is 346 g/mol. The lowest BCUT2D eigenvalue weighted by Crippen LogP contribution is -2.47. The number of hydrogen-bond donors (Lipinski definition) is 1. The fourth-order valence-electron chi connectivity index (χ4n) is 3.90. The summed E-state index contributed by atoms with van der Waals surface area (Å²) in [7, 11) is 0. The molecule has 0 spiro atoms. The van der Waals surface area contributed by atoms with E-state index in [0.29, 0.717) is 0 Å². The van der Waals surface area contributed by atoms with Gasteiger partial charge < -0.3 is 10.2 Å². The van der Waals surface area contributed by atoms with Gasteiger partial charge in [-0.3, -0.25) is 14.9 Å². The van der Waals surface area contributed by atoms with Crippen LogP contribution in [0.4, 0.5) is 0 Å². The van der Waals surface area contributed by atoms with Crippen molar-refractivity contribution in [2.45, 2.75) is 32.4 Å². The fourth-order valence-corrected chi connectivity index (χ4v) is 3.90. The number of nitrogens with one attached hydrogen (secondary N) is 1. The van der Waals surface area contributed by atoms with Crippen molar-refractivity contribution in [2.75, 3.05) is 26.2 Å². The normalized spacial score (nSPS) is 19.1. The van der Waals surface area contributed by atoms with E-state index in [1.165, 1.54) is 24.1 Å². The van der Waals surface area contributed by atoms with Gasteiger partial charge in [-0.2, -0.15) is 0 Å². The van der Waals surface area contributed by atoms with E-state index in [-0.39, 0.29) is 0 Å². The highest BCUT2D eigenvalue weighted by Gasteiger charge is 2.31. The second-order valence-electron chi connectivity index (χ2n) is 7.48. The molecular formula is C23H29N5. The maximum atomic E-state index is 4.41. The molecule has 0 amide bonds. The average Bonchev–Trinajstić information content (AvgIpc) is 3.59. The van der Waals surface area contributed by atoms with Crippen molar-refractivity contribution in [1.82, 2.24) is 25.1 Å². The first kappa shape index (κ1) is 18.7. The molecule has 4 rings (SSSR count). The summed E-state index contributed by atoms with van der Waals surface area (Å²) < 4.78 is 0. The van der Waals surface area contributed by atoms with Gasteiger partial charge in [0.15, 0.2) is 0 Å². The number of aromatic nitrogens is 2. The van der Waals surface area contributed by atoms with Gasteiger partial charge in [-0.15, -0.1) is 0 Å². The van der Waals surface area contributed by atoms with Gasteiger partial charge in [0.05, 0.1) is 22.4 Å². The molecule has 0 bridgehead atoms.